The molecule has 44 valence electrons. The molecule has 0 amide bonds. The zero-order valence-corrected chi connectivity index (χ0v) is 6.59. The maximum atomic E-state index is 2.26. The van der Waals surface area contributed by atoms with Gasteiger partial charge < -0.3 is 0 Å². The van der Waals surface area contributed by atoms with Crippen LogP contribution >= 0.6 is 0 Å². The average Bonchev–Trinajstić information content (AvgIpc) is 2.33. The molecular weight excluding hydrogens is 175 g/mol. The van der Waals surface area contributed by atoms with Crippen molar-refractivity contribution in [2.45, 2.75) is 0 Å². The van der Waals surface area contributed by atoms with Gasteiger partial charge in [0, 0.05) is 0 Å². The Morgan fingerprint density at radius 3 is 2.78 bits per heavy atom. The molecule has 0 fully saturated rings. The van der Waals surface area contributed by atoms with Crippen LogP contribution in [0.1, 0.15) is 0 Å². The van der Waals surface area contributed by atoms with E-state index in [0.717, 1.165) is 0 Å². The van der Waals surface area contributed by atoms with Gasteiger partial charge in [-0.3, -0.25) is 0 Å². The van der Waals surface area contributed by atoms with Gasteiger partial charge in [0.2, 0.25) is 0 Å². The molecule has 1 heterocycles. The van der Waals surface area contributed by atoms with Crippen LogP contribution < -0.4 is 0 Å². The van der Waals surface area contributed by atoms with Gasteiger partial charge in [0.05, 0.1) is 0 Å². The molecule has 0 saturated carbocycles. The molecule has 0 aliphatic rings. The molecule has 0 aliphatic heterocycles. The van der Waals surface area contributed by atoms with Crippen LogP contribution in [0.5, 0.6) is 0 Å². The van der Waals surface area contributed by atoms with Crippen molar-refractivity contribution in [3.63, 3.8) is 0 Å². The van der Waals surface area contributed by atoms with E-state index in [-0.39, 0.29) is 0 Å². The quantitative estimate of drug-likeness (QED) is 0.544. The summed E-state index contributed by atoms with van der Waals surface area (Å²) in [6, 6.07) is 10.8. The van der Waals surface area contributed by atoms with E-state index in [1.165, 1.54) is 9.65 Å². The molecule has 0 atom stereocenters. The first-order valence-corrected chi connectivity index (χ1v) is 4.73. The second-order valence-corrected chi connectivity index (χ2v) is 3.95. The van der Waals surface area contributed by atoms with Crippen molar-refractivity contribution >= 4 is 24.1 Å². The molecular formula is C8H6Se. The normalized spacial score (nSPS) is 10.2. The van der Waals surface area contributed by atoms with Gasteiger partial charge in [-0.15, -0.1) is 0 Å². The molecule has 0 radical (unpaired) electrons. The van der Waals surface area contributed by atoms with E-state index < -0.39 is 0 Å². The molecule has 1 aromatic heterocycles. The topological polar surface area (TPSA) is 0 Å². The first kappa shape index (κ1) is 5.28. The molecule has 1 heteroatoms. The predicted molar refractivity (Wildman–Crippen MR) is 40.9 cm³/mol. The van der Waals surface area contributed by atoms with Crippen LogP contribution in [0.4, 0.5) is 0 Å². The van der Waals surface area contributed by atoms with Crippen LogP contribution in [0.25, 0.3) is 9.65 Å². The Kier molecular flexibility index (Phi) is 1.18. The van der Waals surface area contributed by atoms with Gasteiger partial charge in [-0.2, -0.15) is 0 Å². The van der Waals surface area contributed by atoms with Crippen molar-refractivity contribution in [1.82, 2.24) is 0 Å². The minimum atomic E-state index is 0.622. The predicted octanol–water partition coefficient (Wildman–Crippen LogP) is 1.90. The van der Waals surface area contributed by atoms with E-state index in [1.54, 1.807) is 0 Å². The van der Waals surface area contributed by atoms with Crippen molar-refractivity contribution in [1.29, 1.82) is 0 Å². The van der Waals surface area contributed by atoms with Gasteiger partial charge in [0.25, 0.3) is 0 Å². The Balaban J connectivity index is 2.95. The standard InChI is InChI=1S/C8H6Se/c1-2-4-8-7(3-1)5-6-9-8/h1-6H. The summed E-state index contributed by atoms with van der Waals surface area (Å²) >= 11 is 0.622. The summed E-state index contributed by atoms with van der Waals surface area (Å²) in [7, 11) is 0. The summed E-state index contributed by atoms with van der Waals surface area (Å²) < 4.78 is 1.52. The molecule has 0 aliphatic carbocycles. The van der Waals surface area contributed by atoms with Gasteiger partial charge in [-0.1, -0.05) is 0 Å². The summed E-state index contributed by atoms with van der Waals surface area (Å²) in [5.74, 6) is 0. The summed E-state index contributed by atoms with van der Waals surface area (Å²) in [6.45, 7) is 0. The second-order valence-electron chi connectivity index (χ2n) is 1.96. The number of rotatable bonds is 0. The Morgan fingerprint density at radius 2 is 1.89 bits per heavy atom. The van der Waals surface area contributed by atoms with Crippen LogP contribution in [0.15, 0.2) is 35.3 Å². The number of fused-ring (bicyclic) bond motifs is 1. The third-order valence-corrected chi connectivity index (χ3v) is 3.25. The van der Waals surface area contributed by atoms with Crippen molar-refractivity contribution in [2.24, 2.45) is 0 Å². The molecule has 0 saturated heterocycles. The zero-order valence-electron chi connectivity index (χ0n) is 4.87. The summed E-state index contributed by atoms with van der Waals surface area (Å²) in [4.78, 5) is 2.26. The fourth-order valence-corrected chi connectivity index (χ4v) is 2.56. The number of hydrogen-bond donors (Lipinski definition) is 0. The van der Waals surface area contributed by atoms with E-state index in [1.807, 2.05) is 0 Å². The first-order valence-electron chi connectivity index (χ1n) is 2.89. The second kappa shape index (κ2) is 2.02. The Morgan fingerprint density at radius 1 is 1.00 bits per heavy atom. The average molecular weight is 181 g/mol. The van der Waals surface area contributed by atoms with Crippen LogP contribution in [0, 0.1) is 0 Å². The summed E-state index contributed by atoms with van der Waals surface area (Å²) in [6.07, 6.45) is 0. The van der Waals surface area contributed by atoms with Gasteiger partial charge in [0.15, 0.2) is 0 Å². The third-order valence-electron chi connectivity index (χ3n) is 1.36. The molecule has 0 N–H and O–H groups in total. The fraction of sp³-hybridized carbons (Fsp3) is 0. The molecule has 0 unspecified atom stereocenters. The van der Waals surface area contributed by atoms with Crippen molar-refractivity contribution in [2.75, 3.05) is 0 Å². The summed E-state index contributed by atoms with van der Waals surface area (Å²) in [5, 5.41) is 1.41. The molecule has 0 nitrogen and oxygen atoms in total. The summed E-state index contributed by atoms with van der Waals surface area (Å²) in [5.41, 5.74) is 0. The Bertz CT molecular complexity index is 279. The molecule has 2 aromatic rings. The molecule has 0 bridgehead atoms. The SMILES string of the molecule is c1ccc2[se]ccc2c1. The van der Waals surface area contributed by atoms with E-state index in [9.17, 15) is 0 Å². The van der Waals surface area contributed by atoms with Crippen molar-refractivity contribution < 1.29 is 0 Å². The van der Waals surface area contributed by atoms with Crippen LogP contribution in [-0.4, -0.2) is 14.5 Å². The number of benzene rings is 1. The minimum absolute atomic E-state index is 0.622. The zero-order chi connectivity index (χ0) is 6.10. The van der Waals surface area contributed by atoms with Gasteiger partial charge >= 0.3 is 59.4 Å². The van der Waals surface area contributed by atoms with E-state index in [0.29, 0.717) is 14.5 Å². The Labute approximate surface area is 59.9 Å². The Hall–Kier alpha value is -0.521. The van der Waals surface area contributed by atoms with Crippen LogP contribution in [0.2, 0.25) is 0 Å². The maximum absolute atomic E-state index is 2.26. The van der Waals surface area contributed by atoms with E-state index >= 15 is 0 Å². The fourth-order valence-electron chi connectivity index (χ4n) is 0.906. The third kappa shape index (κ3) is 0.827. The van der Waals surface area contributed by atoms with Gasteiger partial charge in [-0.25, -0.2) is 0 Å². The van der Waals surface area contributed by atoms with Crippen molar-refractivity contribution in [3.05, 3.63) is 35.3 Å². The molecule has 0 spiro atoms. The van der Waals surface area contributed by atoms with Crippen molar-refractivity contribution in [3.8, 4) is 0 Å². The molecule has 2 rings (SSSR count). The molecule has 1 aromatic carbocycles. The van der Waals surface area contributed by atoms with Crippen LogP contribution in [-0.2, 0) is 0 Å². The van der Waals surface area contributed by atoms with Gasteiger partial charge in [-0.05, 0) is 0 Å². The van der Waals surface area contributed by atoms with Crippen LogP contribution in [0.3, 0.4) is 0 Å². The monoisotopic (exact) mass is 182 g/mol. The first-order chi connectivity index (χ1) is 4.47. The molecule has 9 heavy (non-hydrogen) atoms. The number of hydrogen-bond acceptors (Lipinski definition) is 0. The van der Waals surface area contributed by atoms with Gasteiger partial charge in [0.1, 0.15) is 0 Å². The van der Waals surface area contributed by atoms with E-state index in [2.05, 4.69) is 35.3 Å². The van der Waals surface area contributed by atoms with E-state index in [4.69, 9.17) is 0 Å².